The molecule has 1 atom stereocenters. The highest BCUT2D eigenvalue weighted by atomic mass is 14.8. The molecule has 0 aromatic heterocycles. The van der Waals surface area contributed by atoms with Crippen LogP contribution in [0.15, 0.2) is 22.1 Å². The van der Waals surface area contributed by atoms with E-state index >= 15 is 0 Å². The molecule has 0 amide bonds. The highest BCUT2D eigenvalue weighted by Gasteiger charge is 2.01. The molecule has 2 nitrogen and oxygen atoms in total. The summed E-state index contributed by atoms with van der Waals surface area (Å²) < 4.78 is 0. The van der Waals surface area contributed by atoms with Gasteiger partial charge in [-0.05, 0) is 12.0 Å². The Morgan fingerprint density at radius 1 is 1.80 bits per heavy atom. The molecule has 1 unspecified atom stereocenters. The lowest BCUT2D eigenvalue weighted by Crippen LogP contribution is -2.07. The van der Waals surface area contributed by atoms with Gasteiger partial charge in [0.2, 0.25) is 0 Å². The summed E-state index contributed by atoms with van der Waals surface area (Å²) in [6, 6.07) is 0. The van der Waals surface area contributed by atoms with Crippen molar-refractivity contribution >= 4 is 11.9 Å². The SMILES string of the molecule is C/N=C\C1=NCC(C)C=C1. The first kappa shape index (κ1) is 7.19. The van der Waals surface area contributed by atoms with Gasteiger partial charge in [0.25, 0.3) is 0 Å². The van der Waals surface area contributed by atoms with E-state index < -0.39 is 0 Å². The second kappa shape index (κ2) is 3.30. The minimum atomic E-state index is 0.592. The molecule has 0 radical (unpaired) electrons. The van der Waals surface area contributed by atoms with Gasteiger partial charge in [0.1, 0.15) is 0 Å². The van der Waals surface area contributed by atoms with Crippen LogP contribution in [0.2, 0.25) is 0 Å². The molecule has 2 heteroatoms. The van der Waals surface area contributed by atoms with Crippen LogP contribution in [0.25, 0.3) is 0 Å². The molecular weight excluding hydrogens is 124 g/mol. The van der Waals surface area contributed by atoms with Gasteiger partial charge in [-0.1, -0.05) is 13.0 Å². The van der Waals surface area contributed by atoms with Gasteiger partial charge in [0.15, 0.2) is 0 Å². The maximum absolute atomic E-state index is 4.28. The second-order valence-corrected chi connectivity index (χ2v) is 2.49. The van der Waals surface area contributed by atoms with E-state index in [9.17, 15) is 0 Å². The van der Waals surface area contributed by atoms with Crippen LogP contribution in [0.5, 0.6) is 0 Å². The highest BCUT2D eigenvalue weighted by molar-refractivity contribution is 6.36. The third-order valence-electron chi connectivity index (χ3n) is 1.42. The fraction of sp³-hybridized carbons (Fsp3) is 0.500. The highest BCUT2D eigenvalue weighted by Crippen LogP contribution is 2.03. The van der Waals surface area contributed by atoms with Crippen LogP contribution in [0.4, 0.5) is 0 Å². The van der Waals surface area contributed by atoms with Gasteiger partial charge in [-0.15, -0.1) is 0 Å². The lowest BCUT2D eigenvalue weighted by molar-refractivity contribution is 0.736. The molecule has 0 aliphatic carbocycles. The van der Waals surface area contributed by atoms with Crippen molar-refractivity contribution in [1.29, 1.82) is 0 Å². The van der Waals surface area contributed by atoms with E-state index in [1.165, 1.54) is 0 Å². The molecule has 0 spiro atoms. The molecule has 0 aromatic rings. The average Bonchev–Trinajstić information content (AvgIpc) is 1.95. The van der Waals surface area contributed by atoms with E-state index in [0.717, 1.165) is 12.3 Å². The first-order chi connectivity index (χ1) is 4.83. The molecule has 1 rings (SSSR count). The average molecular weight is 136 g/mol. The maximum Gasteiger partial charge on any atom is 0.0749 e. The predicted octanol–water partition coefficient (Wildman–Crippen LogP) is 1.33. The Morgan fingerprint density at radius 2 is 2.60 bits per heavy atom. The summed E-state index contributed by atoms with van der Waals surface area (Å²) in [5.74, 6) is 0.592. The normalized spacial score (nSPS) is 25.4. The molecule has 1 aliphatic heterocycles. The molecule has 1 aliphatic rings. The zero-order chi connectivity index (χ0) is 7.40. The molecule has 0 N–H and O–H groups in total. The van der Waals surface area contributed by atoms with E-state index in [2.05, 4.69) is 23.0 Å². The Balaban J connectivity index is 2.58. The number of nitrogens with zero attached hydrogens (tertiary/aromatic N) is 2. The van der Waals surface area contributed by atoms with Crippen molar-refractivity contribution in [1.82, 2.24) is 0 Å². The Bertz CT molecular complexity index is 189. The van der Waals surface area contributed by atoms with E-state index in [1.54, 1.807) is 13.3 Å². The first-order valence-electron chi connectivity index (χ1n) is 3.47. The van der Waals surface area contributed by atoms with E-state index in [-0.39, 0.29) is 0 Å². The molecule has 0 saturated carbocycles. The molecule has 0 fully saturated rings. The summed E-state index contributed by atoms with van der Waals surface area (Å²) in [6.45, 7) is 3.05. The van der Waals surface area contributed by atoms with E-state index in [1.807, 2.05) is 6.08 Å². The summed E-state index contributed by atoms with van der Waals surface area (Å²) in [5.41, 5.74) is 0.987. The van der Waals surface area contributed by atoms with Gasteiger partial charge >= 0.3 is 0 Å². The standard InChI is InChI=1S/C8H12N2/c1-7-3-4-8(6-9-2)10-5-7/h3-4,6-7H,5H2,1-2H3/b9-6-. The number of rotatable bonds is 1. The zero-order valence-corrected chi connectivity index (χ0v) is 6.41. The topological polar surface area (TPSA) is 24.7 Å². The fourth-order valence-corrected chi connectivity index (χ4v) is 0.842. The molecule has 10 heavy (non-hydrogen) atoms. The Morgan fingerprint density at radius 3 is 3.10 bits per heavy atom. The van der Waals surface area contributed by atoms with Crippen molar-refractivity contribution in [2.24, 2.45) is 15.9 Å². The van der Waals surface area contributed by atoms with Gasteiger partial charge in [0, 0.05) is 19.8 Å². The van der Waals surface area contributed by atoms with Crippen molar-refractivity contribution < 1.29 is 0 Å². The summed E-state index contributed by atoms with van der Waals surface area (Å²) in [4.78, 5) is 8.16. The van der Waals surface area contributed by atoms with Crippen LogP contribution in [-0.2, 0) is 0 Å². The van der Waals surface area contributed by atoms with E-state index in [0.29, 0.717) is 5.92 Å². The number of allylic oxidation sites excluding steroid dienone is 1. The number of dihydropyridines is 1. The quantitative estimate of drug-likeness (QED) is 0.486. The van der Waals surface area contributed by atoms with E-state index in [4.69, 9.17) is 0 Å². The molecule has 54 valence electrons. The van der Waals surface area contributed by atoms with Gasteiger partial charge in [0.05, 0.1) is 5.71 Å². The monoisotopic (exact) mass is 136 g/mol. The third kappa shape index (κ3) is 1.79. The minimum Gasteiger partial charge on any atom is -0.294 e. The Hall–Kier alpha value is -0.920. The van der Waals surface area contributed by atoms with Crippen molar-refractivity contribution in [2.75, 3.05) is 13.6 Å². The van der Waals surface area contributed by atoms with Gasteiger partial charge in [-0.2, -0.15) is 0 Å². The van der Waals surface area contributed by atoms with Crippen molar-refractivity contribution in [3.05, 3.63) is 12.2 Å². The zero-order valence-electron chi connectivity index (χ0n) is 6.41. The van der Waals surface area contributed by atoms with Crippen LogP contribution < -0.4 is 0 Å². The van der Waals surface area contributed by atoms with Gasteiger partial charge in [-0.3, -0.25) is 9.98 Å². The molecule has 0 saturated heterocycles. The van der Waals surface area contributed by atoms with Crippen LogP contribution >= 0.6 is 0 Å². The predicted molar refractivity (Wildman–Crippen MR) is 45.0 cm³/mol. The lowest BCUT2D eigenvalue weighted by Gasteiger charge is -2.06. The van der Waals surface area contributed by atoms with Crippen molar-refractivity contribution in [3.63, 3.8) is 0 Å². The van der Waals surface area contributed by atoms with Crippen LogP contribution in [0.1, 0.15) is 6.92 Å². The summed E-state index contributed by atoms with van der Waals surface area (Å²) >= 11 is 0. The summed E-state index contributed by atoms with van der Waals surface area (Å²) in [5, 5.41) is 0. The second-order valence-electron chi connectivity index (χ2n) is 2.49. The summed E-state index contributed by atoms with van der Waals surface area (Å²) in [7, 11) is 1.76. The summed E-state index contributed by atoms with van der Waals surface area (Å²) in [6.07, 6.45) is 5.95. The molecular formula is C8H12N2. The molecule has 1 heterocycles. The Labute approximate surface area is 61.4 Å². The maximum atomic E-state index is 4.28. The number of hydrogen-bond acceptors (Lipinski definition) is 2. The van der Waals surface area contributed by atoms with Crippen LogP contribution in [-0.4, -0.2) is 25.5 Å². The molecule has 0 aromatic carbocycles. The van der Waals surface area contributed by atoms with Gasteiger partial charge in [-0.25, -0.2) is 0 Å². The lowest BCUT2D eigenvalue weighted by atomic mass is 10.1. The number of hydrogen-bond donors (Lipinski definition) is 0. The van der Waals surface area contributed by atoms with Crippen molar-refractivity contribution in [3.8, 4) is 0 Å². The fourth-order valence-electron chi connectivity index (χ4n) is 0.842. The smallest absolute Gasteiger partial charge is 0.0749 e. The Kier molecular flexibility index (Phi) is 2.37. The first-order valence-corrected chi connectivity index (χ1v) is 3.47. The number of aliphatic imine (C=N–C) groups is 2. The van der Waals surface area contributed by atoms with Gasteiger partial charge < -0.3 is 0 Å². The van der Waals surface area contributed by atoms with Crippen LogP contribution in [0, 0.1) is 5.92 Å². The molecule has 0 bridgehead atoms. The van der Waals surface area contributed by atoms with Crippen molar-refractivity contribution in [2.45, 2.75) is 6.92 Å². The van der Waals surface area contributed by atoms with Crippen LogP contribution in [0.3, 0.4) is 0 Å². The third-order valence-corrected chi connectivity index (χ3v) is 1.42. The minimum absolute atomic E-state index is 0.592. The largest absolute Gasteiger partial charge is 0.294 e.